The fourth-order valence-corrected chi connectivity index (χ4v) is 2.10. The van der Waals surface area contributed by atoms with Gasteiger partial charge in [0, 0.05) is 24.2 Å². The lowest BCUT2D eigenvalue weighted by Gasteiger charge is -2.26. The molecule has 1 amide bonds. The Morgan fingerprint density at radius 2 is 1.88 bits per heavy atom. The number of nitrogens with two attached hydrogens (primary N) is 1. The lowest BCUT2D eigenvalue weighted by Crippen LogP contribution is -2.40. The van der Waals surface area contributed by atoms with Crippen LogP contribution in [-0.4, -0.2) is 18.0 Å². The number of hydrogen-bond acceptors (Lipinski definition) is 3. The summed E-state index contributed by atoms with van der Waals surface area (Å²) in [6.45, 7) is 0. The highest BCUT2D eigenvalue weighted by Crippen LogP contribution is 2.17. The number of carbonyl (C=O) groups excluding carboxylic acids is 1. The van der Waals surface area contributed by atoms with Crippen molar-refractivity contribution in [3.63, 3.8) is 0 Å². The minimum Gasteiger partial charge on any atom is -0.619 e. The minimum atomic E-state index is -0.119. The van der Waals surface area contributed by atoms with Gasteiger partial charge >= 0.3 is 0 Å². The number of amides is 1. The maximum Gasteiger partial charge on any atom is 0.251 e. The molecule has 1 heterocycles. The summed E-state index contributed by atoms with van der Waals surface area (Å²) in [7, 11) is 0. The number of nitrogens with zero attached hydrogens (tertiary/aromatic N) is 1. The Morgan fingerprint density at radius 3 is 2.47 bits per heavy atom. The molecule has 0 bridgehead atoms. The van der Waals surface area contributed by atoms with Gasteiger partial charge in [-0.1, -0.05) is 0 Å². The first-order chi connectivity index (χ1) is 8.15. The van der Waals surface area contributed by atoms with Crippen LogP contribution in [0.1, 0.15) is 36.0 Å². The third kappa shape index (κ3) is 3.17. The summed E-state index contributed by atoms with van der Waals surface area (Å²) in [6.07, 6.45) is 6.43. The quantitative estimate of drug-likeness (QED) is 0.572. The summed E-state index contributed by atoms with van der Waals surface area (Å²) < 4.78 is 0.663. The number of hydrogen-bond donors (Lipinski definition) is 2. The lowest BCUT2D eigenvalue weighted by molar-refractivity contribution is -0.605. The molecular weight excluding hydrogens is 218 g/mol. The number of rotatable bonds is 2. The van der Waals surface area contributed by atoms with Gasteiger partial charge in [0.1, 0.15) is 0 Å². The molecule has 0 radical (unpaired) electrons. The Morgan fingerprint density at radius 1 is 1.29 bits per heavy atom. The Bertz CT molecular complexity index is 383. The molecule has 0 atom stereocenters. The third-order valence-electron chi connectivity index (χ3n) is 3.17. The standard InChI is InChI=1S/C12H17N3O2/c13-10-1-3-11(4-2-10)14-12(16)9-5-7-15(17)8-6-9/h5-8,10-11H,1-4,13H2,(H,14,16)/t10-,11-. The van der Waals surface area contributed by atoms with Crippen LogP contribution in [0.5, 0.6) is 0 Å². The molecule has 1 aromatic heterocycles. The zero-order valence-electron chi connectivity index (χ0n) is 9.63. The normalized spacial score (nSPS) is 24.3. The van der Waals surface area contributed by atoms with Gasteiger partial charge in [-0.3, -0.25) is 4.79 Å². The summed E-state index contributed by atoms with van der Waals surface area (Å²) in [6, 6.07) is 3.54. The van der Waals surface area contributed by atoms with Crippen molar-refractivity contribution >= 4 is 5.91 Å². The Kier molecular flexibility index (Phi) is 3.58. The molecule has 1 aromatic rings. The second-order valence-electron chi connectivity index (χ2n) is 4.53. The molecule has 0 spiro atoms. The van der Waals surface area contributed by atoms with E-state index < -0.39 is 0 Å². The van der Waals surface area contributed by atoms with Crippen LogP contribution in [0.4, 0.5) is 0 Å². The molecule has 17 heavy (non-hydrogen) atoms. The number of nitrogens with one attached hydrogen (secondary N) is 1. The molecule has 92 valence electrons. The second-order valence-corrected chi connectivity index (χ2v) is 4.53. The molecule has 0 aromatic carbocycles. The minimum absolute atomic E-state index is 0.119. The number of carbonyl (C=O) groups is 1. The molecule has 0 aliphatic heterocycles. The number of pyridine rings is 1. The summed E-state index contributed by atoms with van der Waals surface area (Å²) in [5.41, 5.74) is 6.33. The first-order valence-electron chi connectivity index (χ1n) is 5.90. The van der Waals surface area contributed by atoms with Gasteiger partial charge in [0.2, 0.25) is 0 Å². The molecule has 0 saturated heterocycles. The second kappa shape index (κ2) is 5.14. The van der Waals surface area contributed by atoms with E-state index >= 15 is 0 Å². The van der Waals surface area contributed by atoms with Gasteiger partial charge in [0.25, 0.3) is 5.91 Å². The third-order valence-corrected chi connectivity index (χ3v) is 3.17. The lowest BCUT2D eigenvalue weighted by atomic mass is 9.91. The fourth-order valence-electron chi connectivity index (χ4n) is 2.10. The van der Waals surface area contributed by atoms with Crippen LogP contribution < -0.4 is 15.8 Å². The van der Waals surface area contributed by atoms with E-state index in [1.807, 2.05) is 0 Å². The summed E-state index contributed by atoms with van der Waals surface area (Å²) in [5, 5.41) is 13.8. The van der Waals surface area contributed by atoms with E-state index in [1.165, 1.54) is 24.5 Å². The van der Waals surface area contributed by atoms with Crippen LogP contribution in [0.3, 0.4) is 0 Å². The van der Waals surface area contributed by atoms with Crippen molar-refractivity contribution in [3.8, 4) is 0 Å². The van der Waals surface area contributed by atoms with Gasteiger partial charge in [-0.15, -0.1) is 0 Å². The molecule has 1 aliphatic carbocycles. The van der Waals surface area contributed by atoms with E-state index in [4.69, 9.17) is 5.73 Å². The highest BCUT2D eigenvalue weighted by molar-refractivity contribution is 5.94. The van der Waals surface area contributed by atoms with E-state index in [0.717, 1.165) is 25.7 Å². The molecule has 0 unspecified atom stereocenters. The Hall–Kier alpha value is -1.62. The van der Waals surface area contributed by atoms with Crippen molar-refractivity contribution in [1.82, 2.24) is 5.32 Å². The molecule has 1 fully saturated rings. The van der Waals surface area contributed by atoms with Crippen LogP contribution in [0, 0.1) is 5.21 Å². The molecule has 2 rings (SSSR count). The largest absolute Gasteiger partial charge is 0.619 e. The van der Waals surface area contributed by atoms with Gasteiger partial charge in [0.15, 0.2) is 12.4 Å². The summed E-state index contributed by atoms with van der Waals surface area (Å²) >= 11 is 0. The van der Waals surface area contributed by atoms with Crippen molar-refractivity contribution in [2.75, 3.05) is 0 Å². The fraction of sp³-hybridized carbons (Fsp3) is 0.500. The Balaban J connectivity index is 1.91. The van der Waals surface area contributed by atoms with Crippen LogP contribution >= 0.6 is 0 Å². The topological polar surface area (TPSA) is 82.1 Å². The van der Waals surface area contributed by atoms with Gasteiger partial charge in [-0.2, -0.15) is 4.73 Å². The van der Waals surface area contributed by atoms with Crippen molar-refractivity contribution in [3.05, 3.63) is 35.3 Å². The molecule has 5 nitrogen and oxygen atoms in total. The first kappa shape index (κ1) is 11.9. The Labute approximate surface area is 100 Å². The SMILES string of the molecule is N[C@H]1CC[C@H](NC(=O)c2cc[n+]([O-])cc2)CC1. The molecular formula is C12H17N3O2. The van der Waals surface area contributed by atoms with E-state index in [-0.39, 0.29) is 18.0 Å². The van der Waals surface area contributed by atoms with Crippen molar-refractivity contribution in [2.24, 2.45) is 5.73 Å². The monoisotopic (exact) mass is 235 g/mol. The zero-order valence-corrected chi connectivity index (χ0v) is 9.63. The molecule has 3 N–H and O–H groups in total. The zero-order chi connectivity index (χ0) is 12.3. The van der Waals surface area contributed by atoms with E-state index in [0.29, 0.717) is 10.3 Å². The van der Waals surface area contributed by atoms with Crippen molar-refractivity contribution in [1.29, 1.82) is 0 Å². The summed E-state index contributed by atoms with van der Waals surface area (Å²) in [4.78, 5) is 11.9. The van der Waals surface area contributed by atoms with Gasteiger partial charge in [-0.05, 0) is 25.7 Å². The van der Waals surface area contributed by atoms with E-state index in [9.17, 15) is 10.0 Å². The van der Waals surface area contributed by atoms with Crippen LogP contribution in [0.25, 0.3) is 0 Å². The first-order valence-corrected chi connectivity index (χ1v) is 5.90. The predicted octanol–water partition coefficient (Wildman–Crippen LogP) is 0.320. The molecule has 5 heteroatoms. The van der Waals surface area contributed by atoms with Gasteiger partial charge in [-0.25, -0.2) is 0 Å². The summed E-state index contributed by atoms with van der Waals surface area (Å²) in [5.74, 6) is -0.119. The van der Waals surface area contributed by atoms with Crippen molar-refractivity contribution in [2.45, 2.75) is 37.8 Å². The maximum absolute atomic E-state index is 11.9. The molecule has 1 saturated carbocycles. The number of aromatic nitrogens is 1. The van der Waals surface area contributed by atoms with Gasteiger partial charge < -0.3 is 16.3 Å². The molecule has 1 aliphatic rings. The maximum atomic E-state index is 11.9. The van der Waals surface area contributed by atoms with E-state index in [2.05, 4.69) is 5.32 Å². The average Bonchev–Trinajstić information content (AvgIpc) is 2.33. The average molecular weight is 235 g/mol. The van der Waals surface area contributed by atoms with Gasteiger partial charge in [0.05, 0.1) is 5.56 Å². The van der Waals surface area contributed by atoms with Crippen LogP contribution in [0.15, 0.2) is 24.5 Å². The van der Waals surface area contributed by atoms with Crippen molar-refractivity contribution < 1.29 is 9.52 Å². The van der Waals surface area contributed by atoms with Crippen LogP contribution in [0.2, 0.25) is 0 Å². The highest BCUT2D eigenvalue weighted by Gasteiger charge is 2.20. The highest BCUT2D eigenvalue weighted by atomic mass is 16.5. The van der Waals surface area contributed by atoms with Crippen LogP contribution in [-0.2, 0) is 0 Å². The smallest absolute Gasteiger partial charge is 0.251 e. The predicted molar refractivity (Wildman–Crippen MR) is 63.1 cm³/mol. The van der Waals surface area contributed by atoms with E-state index in [1.54, 1.807) is 0 Å².